The summed E-state index contributed by atoms with van der Waals surface area (Å²) >= 11 is 0. The van der Waals surface area contributed by atoms with Gasteiger partial charge in [-0.25, -0.2) is 4.39 Å². The van der Waals surface area contributed by atoms with Crippen molar-refractivity contribution in [2.24, 2.45) is 0 Å². The van der Waals surface area contributed by atoms with Crippen molar-refractivity contribution in [3.05, 3.63) is 59.4 Å². The predicted molar refractivity (Wildman–Crippen MR) is 94.7 cm³/mol. The molecular weight excluding hydrogens is 323 g/mol. The number of nitrogens with one attached hydrogen (secondary N) is 1. The first-order valence-corrected chi connectivity index (χ1v) is 7.89. The fraction of sp³-hybridized carbons (Fsp3) is 0.316. The smallest absolute Gasteiger partial charge is 0.254 e. The van der Waals surface area contributed by atoms with Gasteiger partial charge in [0, 0.05) is 6.54 Å². The van der Waals surface area contributed by atoms with E-state index in [0.717, 1.165) is 5.56 Å². The number of likely N-dealkylation sites (N-methyl/N-ethyl adjacent to an activating group) is 1. The Morgan fingerprint density at radius 1 is 1.12 bits per heavy atom. The van der Waals surface area contributed by atoms with Crippen LogP contribution in [0.3, 0.4) is 0 Å². The third-order valence-corrected chi connectivity index (χ3v) is 3.99. The predicted octanol–water partition coefficient (Wildman–Crippen LogP) is 2.88. The molecule has 0 aliphatic heterocycles. The summed E-state index contributed by atoms with van der Waals surface area (Å²) in [5.41, 5.74) is 0.990. The van der Waals surface area contributed by atoms with Crippen molar-refractivity contribution in [1.29, 1.82) is 0 Å². The van der Waals surface area contributed by atoms with Crippen molar-refractivity contribution < 1.29 is 18.7 Å². The van der Waals surface area contributed by atoms with Crippen LogP contribution in [0.4, 0.5) is 4.39 Å². The molecule has 0 aliphatic carbocycles. The van der Waals surface area contributed by atoms with Crippen molar-refractivity contribution in [2.75, 3.05) is 34.9 Å². The van der Waals surface area contributed by atoms with Gasteiger partial charge in [-0.1, -0.05) is 18.2 Å². The van der Waals surface area contributed by atoms with E-state index in [1.54, 1.807) is 26.4 Å². The third kappa shape index (κ3) is 4.48. The van der Waals surface area contributed by atoms with Crippen molar-refractivity contribution in [2.45, 2.75) is 6.04 Å². The van der Waals surface area contributed by atoms with E-state index < -0.39 is 11.7 Å². The van der Waals surface area contributed by atoms with Crippen LogP contribution in [-0.2, 0) is 0 Å². The molecule has 0 spiro atoms. The van der Waals surface area contributed by atoms with E-state index >= 15 is 0 Å². The molecule has 0 saturated carbocycles. The lowest BCUT2D eigenvalue weighted by atomic mass is 10.0. The summed E-state index contributed by atoms with van der Waals surface area (Å²) in [7, 11) is 6.98. The van der Waals surface area contributed by atoms with Gasteiger partial charge in [-0.05, 0) is 43.9 Å². The first kappa shape index (κ1) is 18.7. The van der Waals surface area contributed by atoms with Gasteiger partial charge >= 0.3 is 0 Å². The van der Waals surface area contributed by atoms with Crippen LogP contribution in [0.2, 0.25) is 0 Å². The molecule has 1 atom stereocenters. The topological polar surface area (TPSA) is 50.8 Å². The van der Waals surface area contributed by atoms with E-state index in [-0.39, 0.29) is 11.6 Å². The summed E-state index contributed by atoms with van der Waals surface area (Å²) in [5.74, 6) is 0.282. The number of hydrogen-bond donors (Lipinski definition) is 1. The van der Waals surface area contributed by atoms with Crippen LogP contribution in [0.5, 0.6) is 11.5 Å². The minimum absolute atomic E-state index is 0.0346. The zero-order valence-electron chi connectivity index (χ0n) is 14.9. The monoisotopic (exact) mass is 346 g/mol. The van der Waals surface area contributed by atoms with Crippen LogP contribution < -0.4 is 14.8 Å². The lowest BCUT2D eigenvalue weighted by Crippen LogP contribution is -2.34. The van der Waals surface area contributed by atoms with Gasteiger partial charge in [0.15, 0.2) is 11.5 Å². The number of carbonyl (C=O) groups excluding carboxylic acids is 1. The summed E-state index contributed by atoms with van der Waals surface area (Å²) in [6, 6.07) is 11.4. The molecular formula is C19H23FN2O3. The molecule has 1 unspecified atom stereocenters. The fourth-order valence-electron chi connectivity index (χ4n) is 2.59. The summed E-state index contributed by atoms with van der Waals surface area (Å²) in [6.45, 7) is 0.329. The Labute approximate surface area is 147 Å². The summed E-state index contributed by atoms with van der Waals surface area (Å²) in [4.78, 5) is 14.2. The molecule has 134 valence electrons. The SMILES string of the molecule is COc1ccc(C(CNC(=O)c2ccccc2F)N(C)C)cc1OC. The Morgan fingerprint density at radius 3 is 2.40 bits per heavy atom. The van der Waals surface area contributed by atoms with Crippen molar-refractivity contribution in [3.8, 4) is 11.5 Å². The second-order valence-electron chi connectivity index (χ2n) is 5.78. The molecule has 0 radical (unpaired) electrons. The molecule has 0 saturated heterocycles. The number of hydrogen-bond acceptors (Lipinski definition) is 4. The molecule has 1 N–H and O–H groups in total. The number of carbonyl (C=O) groups is 1. The van der Waals surface area contributed by atoms with Gasteiger partial charge in [0.25, 0.3) is 5.91 Å². The third-order valence-electron chi connectivity index (χ3n) is 3.99. The average molecular weight is 346 g/mol. The highest BCUT2D eigenvalue weighted by molar-refractivity contribution is 5.94. The lowest BCUT2D eigenvalue weighted by Gasteiger charge is -2.26. The number of benzene rings is 2. The molecule has 2 aromatic rings. The van der Waals surface area contributed by atoms with Gasteiger partial charge in [0.1, 0.15) is 5.82 Å². The Bertz CT molecular complexity index is 734. The van der Waals surface area contributed by atoms with Crippen LogP contribution in [0.25, 0.3) is 0 Å². The quantitative estimate of drug-likeness (QED) is 0.838. The van der Waals surface area contributed by atoms with Crippen LogP contribution >= 0.6 is 0 Å². The Morgan fingerprint density at radius 2 is 1.80 bits per heavy atom. The van der Waals surface area contributed by atoms with Crippen LogP contribution in [0, 0.1) is 5.82 Å². The highest BCUT2D eigenvalue weighted by Gasteiger charge is 2.19. The summed E-state index contributed by atoms with van der Waals surface area (Å²) < 4.78 is 24.3. The van der Waals surface area contributed by atoms with Crippen molar-refractivity contribution in [1.82, 2.24) is 10.2 Å². The second kappa shape index (κ2) is 8.48. The van der Waals surface area contributed by atoms with Crippen molar-refractivity contribution >= 4 is 5.91 Å². The van der Waals surface area contributed by atoms with Gasteiger partial charge in [-0.15, -0.1) is 0 Å². The minimum atomic E-state index is -0.535. The van der Waals surface area contributed by atoms with E-state index in [9.17, 15) is 9.18 Å². The normalized spacial score (nSPS) is 11.9. The van der Waals surface area contributed by atoms with Gasteiger partial charge < -0.3 is 19.7 Å². The average Bonchev–Trinajstić information content (AvgIpc) is 2.61. The summed E-state index contributed by atoms with van der Waals surface area (Å²) in [6.07, 6.45) is 0. The van der Waals surface area contributed by atoms with E-state index in [4.69, 9.17) is 9.47 Å². The second-order valence-corrected chi connectivity index (χ2v) is 5.78. The number of halogens is 1. The van der Waals surface area contributed by atoms with E-state index in [1.165, 1.54) is 12.1 Å². The first-order chi connectivity index (χ1) is 12.0. The Kier molecular flexibility index (Phi) is 6.36. The molecule has 0 bridgehead atoms. The molecule has 0 aromatic heterocycles. The van der Waals surface area contributed by atoms with Gasteiger partial charge in [0.2, 0.25) is 0 Å². The van der Waals surface area contributed by atoms with Gasteiger partial charge in [-0.2, -0.15) is 0 Å². The molecule has 2 rings (SSSR count). The molecule has 5 nitrogen and oxygen atoms in total. The van der Waals surface area contributed by atoms with Crippen molar-refractivity contribution in [3.63, 3.8) is 0 Å². The molecule has 0 heterocycles. The van der Waals surface area contributed by atoms with Crippen LogP contribution in [-0.4, -0.2) is 45.7 Å². The molecule has 1 amide bonds. The van der Waals surface area contributed by atoms with Crippen LogP contribution in [0.1, 0.15) is 22.0 Å². The maximum atomic E-state index is 13.7. The highest BCUT2D eigenvalue weighted by Crippen LogP contribution is 2.31. The zero-order valence-corrected chi connectivity index (χ0v) is 14.9. The number of ether oxygens (including phenoxy) is 2. The van der Waals surface area contributed by atoms with Crippen LogP contribution in [0.15, 0.2) is 42.5 Å². The van der Waals surface area contributed by atoms with E-state index in [2.05, 4.69) is 5.32 Å². The largest absolute Gasteiger partial charge is 0.493 e. The van der Waals surface area contributed by atoms with E-state index in [0.29, 0.717) is 18.0 Å². The minimum Gasteiger partial charge on any atom is -0.493 e. The number of rotatable bonds is 7. The Balaban J connectivity index is 2.16. The maximum Gasteiger partial charge on any atom is 0.254 e. The number of nitrogens with zero attached hydrogens (tertiary/aromatic N) is 1. The highest BCUT2D eigenvalue weighted by atomic mass is 19.1. The number of amides is 1. The number of methoxy groups -OCH3 is 2. The van der Waals surface area contributed by atoms with Gasteiger partial charge in [0.05, 0.1) is 25.8 Å². The fourth-order valence-corrected chi connectivity index (χ4v) is 2.59. The molecule has 2 aromatic carbocycles. The molecule has 25 heavy (non-hydrogen) atoms. The van der Waals surface area contributed by atoms with Gasteiger partial charge in [-0.3, -0.25) is 4.79 Å². The summed E-state index contributed by atoms with van der Waals surface area (Å²) in [5, 5.41) is 2.79. The molecule has 6 heteroatoms. The first-order valence-electron chi connectivity index (χ1n) is 7.89. The lowest BCUT2D eigenvalue weighted by molar-refractivity contribution is 0.0938. The maximum absolute atomic E-state index is 13.7. The standard InChI is InChI=1S/C19H23FN2O3/c1-22(2)16(13-9-10-17(24-3)18(11-13)25-4)12-21-19(23)14-7-5-6-8-15(14)20/h5-11,16H,12H2,1-4H3,(H,21,23). The van der Waals surface area contributed by atoms with E-state index in [1.807, 2.05) is 37.2 Å². The zero-order chi connectivity index (χ0) is 18.4. The Hall–Kier alpha value is -2.60. The molecule has 0 aliphatic rings. The molecule has 0 fully saturated rings.